The van der Waals surface area contributed by atoms with Gasteiger partial charge >= 0.3 is 0 Å². The third kappa shape index (κ3) is 3.30. The maximum Gasteiger partial charge on any atom is 0.265 e. The first-order valence-corrected chi connectivity index (χ1v) is 8.20. The molecule has 4 nitrogen and oxygen atoms in total. The number of aryl methyl sites for hydroxylation is 1. The van der Waals surface area contributed by atoms with Crippen LogP contribution in [-0.4, -0.2) is 58.7 Å². The van der Waals surface area contributed by atoms with Crippen LogP contribution in [0.2, 0.25) is 0 Å². The van der Waals surface area contributed by atoms with E-state index in [4.69, 9.17) is 0 Å². The van der Waals surface area contributed by atoms with Crippen LogP contribution in [0.15, 0.2) is 5.51 Å². The fraction of sp³-hybridized carbons (Fsp3) is 0.667. The third-order valence-electron chi connectivity index (χ3n) is 3.22. The molecule has 1 aromatic heterocycles. The fourth-order valence-electron chi connectivity index (χ4n) is 2.17. The van der Waals surface area contributed by atoms with E-state index < -0.39 is 0 Å². The SMILES string of the molecule is Cc1ncsc1C(=O)N1CCCN(CCBr)CC1. The zero-order valence-electron chi connectivity index (χ0n) is 10.6. The molecule has 0 aliphatic carbocycles. The summed E-state index contributed by atoms with van der Waals surface area (Å²) in [6, 6.07) is 0. The minimum atomic E-state index is 0.149. The summed E-state index contributed by atoms with van der Waals surface area (Å²) in [7, 11) is 0. The Balaban J connectivity index is 1.98. The molecule has 2 rings (SSSR count). The molecule has 0 atom stereocenters. The van der Waals surface area contributed by atoms with Gasteiger partial charge in [-0.3, -0.25) is 4.79 Å². The number of halogens is 1. The van der Waals surface area contributed by atoms with Crippen molar-refractivity contribution in [3.05, 3.63) is 16.1 Å². The zero-order chi connectivity index (χ0) is 13.0. The van der Waals surface area contributed by atoms with Gasteiger partial charge in [-0.15, -0.1) is 11.3 Å². The molecule has 2 heterocycles. The Hall–Kier alpha value is -0.460. The Labute approximate surface area is 120 Å². The van der Waals surface area contributed by atoms with Crippen LogP contribution in [0.5, 0.6) is 0 Å². The molecule has 1 aliphatic rings. The first-order valence-electron chi connectivity index (χ1n) is 6.20. The lowest BCUT2D eigenvalue weighted by molar-refractivity contribution is 0.0765. The van der Waals surface area contributed by atoms with Gasteiger partial charge in [-0.2, -0.15) is 0 Å². The van der Waals surface area contributed by atoms with Gasteiger partial charge in [0.15, 0.2) is 0 Å². The summed E-state index contributed by atoms with van der Waals surface area (Å²) in [5.74, 6) is 0.149. The molecule has 100 valence electrons. The number of thiazole rings is 1. The minimum absolute atomic E-state index is 0.149. The molecule has 0 aromatic carbocycles. The first-order chi connectivity index (χ1) is 8.72. The third-order valence-corrected chi connectivity index (χ3v) is 4.49. The second-order valence-corrected chi connectivity index (χ2v) is 6.09. The van der Waals surface area contributed by atoms with Crippen molar-refractivity contribution in [1.82, 2.24) is 14.8 Å². The van der Waals surface area contributed by atoms with Crippen LogP contribution in [0, 0.1) is 6.92 Å². The van der Waals surface area contributed by atoms with Gasteiger partial charge < -0.3 is 9.80 Å². The minimum Gasteiger partial charge on any atom is -0.337 e. The largest absolute Gasteiger partial charge is 0.337 e. The van der Waals surface area contributed by atoms with Gasteiger partial charge in [0, 0.05) is 31.5 Å². The van der Waals surface area contributed by atoms with Crippen LogP contribution < -0.4 is 0 Å². The summed E-state index contributed by atoms with van der Waals surface area (Å²) in [6.45, 7) is 6.69. The molecule has 0 N–H and O–H groups in total. The van der Waals surface area contributed by atoms with Crippen LogP contribution in [0.3, 0.4) is 0 Å². The van der Waals surface area contributed by atoms with Crippen molar-refractivity contribution >= 4 is 33.2 Å². The van der Waals surface area contributed by atoms with E-state index in [1.807, 2.05) is 11.8 Å². The number of nitrogens with zero attached hydrogens (tertiary/aromatic N) is 3. The van der Waals surface area contributed by atoms with Crippen LogP contribution >= 0.6 is 27.3 Å². The highest BCUT2D eigenvalue weighted by atomic mass is 79.9. The first kappa shape index (κ1) is 14.0. The van der Waals surface area contributed by atoms with Crippen LogP contribution in [0.25, 0.3) is 0 Å². The topological polar surface area (TPSA) is 36.4 Å². The average Bonchev–Trinajstić information content (AvgIpc) is 2.64. The Morgan fingerprint density at radius 2 is 2.28 bits per heavy atom. The Morgan fingerprint density at radius 3 is 2.94 bits per heavy atom. The molecule has 18 heavy (non-hydrogen) atoms. The summed E-state index contributed by atoms with van der Waals surface area (Å²) >= 11 is 4.91. The highest BCUT2D eigenvalue weighted by Crippen LogP contribution is 2.16. The predicted octanol–water partition coefficient (Wildman–Crippen LogP) is 1.99. The smallest absolute Gasteiger partial charge is 0.265 e. The highest BCUT2D eigenvalue weighted by molar-refractivity contribution is 9.09. The monoisotopic (exact) mass is 331 g/mol. The van der Waals surface area contributed by atoms with Gasteiger partial charge in [-0.25, -0.2) is 4.98 Å². The van der Waals surface area contributed by atoms with E-state index in [1.165, 1.54) is 11.3 Å². The summed E-state index contributed by atoms with van der Waals surface area (Å²) < 4.78 is 0. The fourth-order valence-corrected chi connectivity index (χ4v) is 3.44. The van der Waals surface area contributed by atoms with Crippen molar-refractivity contribution in [2.75, 3.05) is 38.1 Å². The van der Waals surface area contributed by atoms with E-state index >= 15 is 0 Å². The van der Waals surface area contributed by atoms with E-state index in [9.17, 15) is 4.79 Å². The number of alkyl halides is 1. The molecule has 1 saturated heterocycles. The summed E-state index contributed by atoms with van der Waals surface area (Å²) in [5, 5.41) is 0.995. The number of carbonyl (C=O) groups excluding carboxylic acids is 1. The van der Waals surface area contributed by atoms with Crippen molar-refractivity contribution in [2.45, 2.75) is 13.3 Å². The van der Waals surface area contributed by atoms with Crippen molar-refractivity contribution in [1.29, 1.82) is 0 Å². The maximum atomic E-state index is 12.4. The lowest BCUT2D eigenvalue weighted by Gasteiger charge is -2.21. The van der Waals surface area contributed by atoms with Gasteiger partial charge in [-0.05, 0) is 19.9 Å². The second kappa shape index (κ2) is 6.63. The molecule has 1 amide bonds. The lowest BCUT2D eigenvalue weighted by Crippen LogP contribution is -2.35. The van der Waals surface area contributed by atoms with E-state index in [1.54, 1.807) is 5.51 Å². The standard InChI is InChI=1S/C12H18BrN3OS/c1-10-11(18-9-14-10)12(17)16-5-2-4-15(6-3-13)7-8-16/h9H,2-8H2,1H3. The number of hydrogen-bond donors (Lipinski definition) is 0. The summed E-state index contributed by atoms with van der Waals surface area (Å²) in [4.78, 5) is 21.7. The molecular weight excluding hydrogens is 314 g/mol. The van der Waals surface area contributed by atoms with Crippen LogP contribution in [0.1, 0.15) is 21.8 Å². The summed E-state index contributed by atoms with van der Waals surface area (Å²) in [5.41, 5.74) is 2.60. The highest BCUT2D eigenvalue weighted by Gasteiger charge is 2.22. The number of hydrogen-bond acceptors (Lipinski definition) is 4. The summed E-state index contributed by atoms with van der Waals surface area (Å²) in [6.07, 6.45) is 1.05. The Kier molecular flexibility index (Phi) is 5.14. The van der Waals surface area contributed by atoms with Crippen molar-refractivity contribution in [3.63, 3.8) is 0 Å². The van der Waals surface area contributed by atoms with Gasteiger partial charge in [0.05, 0.1) is 11.2 Å². The van der Waals surface area contributed by atoms with Gasteiger partial charge in [-0.1, -0.05) is 15.9 Å². The van der Waals surface area contributed by atoms with E-state index in [-0.39, 0.29) is 5.91 Å². The normalized spacial score (nSPS) is 17.8. The molecule has 6 heteroatoms. The quantitative estimate of drug-likeness (QED) is 0.795. The Bertz CT molecular complexity index is 410. The molecule has 1 aliphatic heterocycles. The molecule has 0 bridgehead atoms. The van der Waals surface area contributed by atoms with Gasteiger partial charge in [0.2, 0.25) is 0 Å². The van der Waals surface area contributed by atoms with Gasteiger partial charge in [0.25, 0.3) is 5.91 Å². The maximum absolute atomic E-state index is 12.4. The van der Waals surface area contributed by atoms with Crippen molar-refractivity contribution in [3.8, 4) is 0 Å². The average molecular weight is 332 g/mol. The molecule has 0 saturated carbocycles. The molecule has 1 aromatic rings. The zero-order valence-corrected chi connectivity index (χ0v) is 13.0. The molecule has 0 radical (unpaired) electrons. The van der Waals surface area contributed by atoms with E-state index in [0.29, 0.717) is 0 Å². The molecule has 0 spiro atoms. The van der Waals surface area contributed by atoms with E-state index in [2.05, 4.69) is 25.8 Å². The number of aromatic nitrogens is 1. The Morgan fingerprint density at radius 1 is 1.44 bits per heavy atom. The van der Waals surface area contributed by atoms with Gasteiger partial charge in [0.1, 0.15) is 4.88 Å². The molecular formula is C12H18BrN3OS. The number of rotatable bonds is 3. The van der Waals surface area contributed by atoms with Crippen molar-refractivity contribution < 1.29 is 4.79 Å². The second-order valence-electron chi connectivity index (χ2n) is 4.44. The molecule has 0 unspecified atom stereocenters. The van der Waals surface area contributed by atoms with E-state index in [0.717, 1.165) is 55.0 Å². The van der Waals surface area contributed by atoms with Crippen molar-refractivity contribution in [2.24, 2.45) is 0 Å². The number of amides is 1. The number of carbonyl (C=O) groups is 1. The molecule has 1 fully saturated rings. The predicted molar refractivity (Wildman–Crippen MR) is 77.6 cm³/mol. The lowest BCUT2D eigenvalue weighted by atomic mass is 10.3. The van der Waals surface area contributed by atoms with Crippen LogP contribution in [-0.2, 0) is 0 Å². The van der Waals surface area contributed by atoms with Crippen LogP contribution in [0.4, 0.5) is 0 Å².